The Balaban J connectivity index is 1.64. The lowest BCUT2D eigenvalue weighted by molar-refractivity contribution is 0.0602. The van der Waals surface area contributed by atoms with E-state index in [1.807, 2.05) is 0 Å². The summed E-state index contributed by atoms with van der Waals surface area (Å²) in [6, 6.07) is 3.50. The van der Waals surface area contributed by atoms with Gasteiger partial charge in [0.25, 0.3) is 0 Å². The van der Waals surface area contributed by atoms with E-state index in [1.165, 1.54) is 18.9 Å². The van der Waals surface area contributed by atoms with Gasteiger partial charge in [-0.3, -0.25) is 0 Å². The van der Waals surface area contributed by atoms with Crippen LogP contribution >= 0.6 is 0 Å². The van der Waals surface area contributed by atoms with Crippen LogP contribution in [-0.4, -0.2) is 19.3 Å². The quantitative estimate of drug-likeness (QED) is 0.789. The summed E-state index contributed by atoms with van der Waals surface area (Å²) in [6.45, 7) is 1.62. The lowest BCUT2D eigenvalue weighted by Gasteiger charge is -2.11. The van der Waals surface area contributed by atoms with Crippen LogP contribution in [0.5, 0.6) is 0 Å². The van der Waals surface area contributed by atoms with Crippen molar-refractivity contribution in [1.82, 2.24) is 5.32 Å². The van der Waals surface area contributed by atoms with Gasteiger partial charge in [-0.2, -0.15) is 0 Å². The molecule has 2 rings (SSSR count). The van der Waals surface area contributed by atoms with Gasteiger partial charge in [-0.25, -0.2) is 8.78 Å². The summed E-state index contributed by atoms with van der Waals surface area (Å²) in [5, 5.41) is 3.06. The first kappa shape index (κ1) is 13.4. The maximum absolute atomic E-state index is 13.3. The topological polar surface area (TPSA) is 21.3 Å². The Kier molecular flexibility index (Phi) is 5.08. The fourth-order valence-corrected chi connectivity index (χ4v) is 2.25. The smallest absolute Gasteiger partial charge is 0.127 e. The molecule has 0 bridgehead atoms. The van der Waals surface area contributed by atoms with Crippen LogP contribution in [0.15, 0.2) is 18.2 Å². The molecule has 0 spiro atoms. The van der Waals surface area contributed by atoms with E-state index >= 15 is 0 Å². The van der Waals surface area contributed by atoms with Crippen molar-refractivity contribution < 1.29 is 13.5 Å². The van der Waals surface area contributed by atoms with Crippen molar-refractivity contribution in [3.05, 3.63) is 35.4 Å². The van der Waals surface area contributed by atoms with Crippen LogP contribution < -0.4 is 5.32 Å². The second kappa shape index (κ2) is 6.81. The van der Waals surface area contributed by atoms with Crippen LogP contribution in [0, 0.1) is 11.6 Å². The fraction of sp³-hybridized carbons (Fsp3) is 0.571. The fourth-order valence-electron chi connectivity index (χ4n) is 2.25. The van der Waals surface area contributed by atoms with Gasteiger partial charge in [0.1, 0.15) is 11.6 Å². The normalized spacial score (nSPS) is 16.3. The Morgan fingerprint density at radius 1 is 1.22 bits per heavy atom. The predicted molar refractivity (Wildman–Crippen MR) is 66.3 cm³/mol. The zero-order valence-corrected chi connectivity index (χ0v) is 10.4. The molecule has 0 unspecified atom stereocenters. The van der Waals surface area contributed by atoms with Gasteiger partial charge in [0.15, 0.2) is 0 Å². The van der Waals surface area contributed by atoms with Crippen molar-refractivity contribution in [2.75, 3.05) is 13.2 Å². The predicted octanol–water partition coefficient (Wildman–Crippen LogP) is 3.01. The molecule has 0 saturated heterocycles. The van der Waals surface area contributed by atoms with Gasteiger partial charge >= 0.3 is 0 Å². The summed E-state index contributed by atoms with van der Waals surface area (Å²) >= 11 is 0. The number of ether oxygens (including phenoxy) is 1. The molecule has 0 radical (unpaired) electrons. The lowest BCUT2D eigenvalue weighted by Crippen LogP contribution is -2.22. The molecule has 0 aliphatic heterocycles. The van der Waals surface area contributed by atoms with E-state index in [4.69, 9.17) is 4.74 Å². The highest BCUT2D eigenvalue weighted by atomic mass is 19.1. The van der Waals surface area contributed by atoms with E-state index in [1.54, 1.807) is 0 Å². The highest BCUT2D eigenvalue weighted by Gasteiger charge is 2.14. The van der Waals surface area contributed by atoms with Crippen molar-refractivity contribution >= 4 is 0 Å². The summed E-state index contributed by atoms with van der Waals surface area (Å²) in [4.78, 5) is 0. The molecule has 0 aromatic heterocycles. The van der Waals surface area contributed by atoms with Crippen molar-refractivity contribution in [1.29, 1.82) is 0 Å². The van der Waals surface area contributed by atoms with Crippen LogP contribution in [0.1, 0.15) is 31.2 Å². The molecule has 0 atom stereocenters. The Hall–Kier alpha value is -1.00. The minimum Gasteiger partial charge on any atom is -0.377 e. The van der Waals surface area contributed by atoms with Gasteiger partial charge in [0.2, 0.25) is 0 Å². The second-order valence-corrected chi connectivity index (χ2v) is 4.69. The minimum atomic E-state index is -0.407. The minimum absolute atomic E-state index is 0.331. The third-order valence-corrected chi connectivity index (χ3v) is 3.26. The Labute approximate surface area is 106 Å². The molecule has 1 aromatic rings. The molecule has 1 aliphatic rings. The highest BCUT2D eigenvalue weighted by Crippen LogP contribution is 2.20. The van der Waals surface area contributed by atoms with Gasteiger partial charge in [-0.05, 0) is 31.0 Å². The van der Waals surface area contributed by atoms with Crippen LogP contribution in [0.3, 0.4) is 0 Å². The Morgan fingerprint density at radius 3 is 2.78 bits per heavy atom. The first-order chi connectivity index (χ1) is 8.75. The van der Waals surface area contributed by atoms with E-state index in [-0.39, 0.29) is 5.82 Å². The van der Waals surface area contributed by atoms with E-state index < -0.39 is 5.82 Å². The molecule has 0 amide bonds. The number of hydrogen-bond donors (Lipinski definition) is 1. The molecule has 1 aromatic carbocycles. The van der Waals surface area contributed by atoms with E-state index in [0.717, 1.165) is 25.0 Å². The first-order valence-corrected chi connectivity index (χ1v) is 6.52. The molecule has 1 N–H and O–H groups in total. The molecule has 100 valence electrons. The molecule has 1 aliphatic carbocycles. The highest BCUT2D eigenvalue weighted by molar-refractivity contribution is 5.18. The van der Waals surface area contributed by atoms with Crippen molar-refractivity contribution in [2.45, 2.75) is 38.3 Å². The number of hydrogen-bond acceptors (Lipinski definition) is 2. The van der Waals surface area contributed by atoms with E-state index in [9.17, 15) is 8.78 Å². The second-order valence-electron chi connectivity index (χ2n) is 4.69. The van der Waals surface area contributed by atoms with Crippen molar-refractivity contribution in [2.24, 2.45) is 0 Å². The van der Waals surface area contributed by atoms with E-state index in [2.05, 4.69) is 5.32 Å². The molecule has 1 saturated carbocycles. The molecule has 1 fully saturated rings. The van der Waals surface area contributed by atoms with Gasteiger partial charge in [-0.1, -0.05) is 12.8 Å². The number of rotatable bonds is 6. The molecule has 4 heteroatoms. The summed E-state index contributed by atoms with van der Waals surface area (Å²) in [6.07, 6.45) is 5.22. The van der Waals surface area contributed by atoms with Crippen molar-refractivity contribution in [3.63, 3.8) is 0 Å². The Bertz CT molecular complexity index is 378. The van der Waals surface area contributed by atoms with Crippen LogP contribution in [-0.2, 0) is 11.3 Å². The summed E-state index contributed by atoms with van der Waals surface area (Å²) in [5.74, 6) is -0.781. The summed E-state index contributed by atoms with van der Waals surface area (Å²) in [5.41, 5.74) is 0.357. The standard InChI is InChI=1S/C14H19F2NO/c15-12-5-6-14(16)11(9-12)10-17-7-8-18-13-3-1-2-4-13/h5-6,9,13,17H,1-4,7-8,10H2. The largest absolute Gasteiger partial charge is 0.377 e. The summed E-state index contributed by atoms with van der Waals surface area (Å²) < 4.78 is 31.9. The van der Waals surface area contributed by atoms with Gasteiger partial charge in [0, 0.05) is 18.7 Å². The third-order valence-electron chi connectivity index (χ3n) is 3.26. The van der Waals surface area contributed by atoms with Crippen LogP contribution in [0.25, 0.3) is 0 Å². The van der Waals surface area contributed by atoms with Crippen LogP contribution in [0.4, 0.5) is 8.78 Å². The zero-order valence-electron chi connectivity index (χ0n) is 10.4. The summed E-state index contributed by atoms with van der Waals surface area (Å²) in [7, 11) is 0. The molecule has 0 heterocycles. The zero-order chi connectivity index (χ0) is 12.8. The molecule has 2 nitrogen and oxygen atoms in total. The average molecular weight is 255 g/mol. The monoisotopic (exact) mass is 255 g/mol. The maximum atomic E-state index is 13.3. The van der Waals surface area contributed by atoms with E-state index in [0.29, 0.717) is 31.4 Å². The van der Waals surface area contributed by atoms with Gasteiger partial charge in [0.05, 0.1) is 12.7 Å². The number of halogens is 2. The third kappa shape index (κ3) is 4.03. The van der Waals surface area contributed by atoms with Gasteiger partial charge in [-0.15, -0.1) is 0 Å². The number of nitrogens with one attached hydrogen (secondary N) is 1. The SMILES string of the molecule is Fc1ccc(F)c(CNCCOC2CCCC2)c1. The molecule has 18 heavy (non-hydrogen) atoms. The Morgan fingerprint density at radius 2 is 2.00 bits per heavy atom. The maximum Gasteiger partial charge on any atom is 0.127 e. The van der Waals surface area contributed by atoms with Gasteiger partial charge < -0.3 is 10.1 Å². The molecular formula is C14H19F2NO. The van der Waals surface area contributed by atoms with Crippen molar-refractivity contribution in [3.8, 4) is 0 Å². The average Bonchev–Trinajstić information content (AvgIpc) is 2.86. The number of benzene rings is 1. The molecular weight excluding hydrogens is 236 g/mol. The lowest BCUT2D eigenvalue weighted by atomic mass is 10.2. The van der Waals surface area contributed by atoms with Crippen LogP contribution in [0.2, 0.25) is 0 Å². The first-order valence-electron chi connectivity index (χ1n) is 6.52.